The van der Waals surface area contributed by atoms with Crippen LogP contribution in [0, 0.1) is 5.92 Å². The molecule has 0 radical (unpaired) electrons. The van der Waals surface area contributed by atoms with E-state index in [-0.39, 0.29) is 6.10 Å². The first-order chi connectivity index (χ1) is 5.68. The normalized spacial score (nSPS) is 34.8. The fraction of sp³-hybridized carbons (Fsp3) is 0.556. The Labute approximate surface area is 81.0 Å². The van der Waals surface area contributed by atoms with Crippen LogP contribution >= 0.6 is 22.9 Å². The molecule has 1 saturated carbocycles. The van der Waals surface area contributed by atoms with Crippen molar-refractivity contribution in [2.24, 2.45) is 5.92 Å². The predicted octanol–water partition coefficient (Wildman–Crippen LogP) is 2.89. The Kier molecular flexibility index (Phi) is 2.15. The Morgan fingerprint density at radius 2 is 2.33 bits per heavy atom. The lowest BCUT2D eigenvalue weighted by Gasteiger charge is -2.38. The average Bonchev–Trinajstić information content (AvgIpc) is 2.46. The van der Waals surface area contributed by atoms with Crippen molar-refractivity contribution < 1.29 is 5.11 Å². The van der Waals surface area contributed by atoms with Gasteiger partial charge >= 0.3 is 0 Å². The van der Waals surface area contributed by atoms with Crippen molar-refractivity contribution in [3.8, 4) is 0 Å². The van der Waals surface area contributed by atoms with Gasteiger partial charge in [0, 0.05) is 10.8 Å². The minimum Gasteiger partial charge on any atom is -0.393 e. The molecule has 1 N–H and O–H groups in total. The summed E-state index contributed by atoms with van der Waals surface area (Å²) in [5, 5.41) is 9.33. The molecule has 1 aliphatic rings. The number of thiophene rings is 1. The Balaban J connectivity index is 2.12. The summed E-state index contributed by atoms with van der Waals surface area (Å²) < 4.78 is 0.846. The second-order valence-corrected chi connectivity index (χ2v) is 5.16. The maximum absolute atomic E-state index is 9.33. The fourth-order valence-electron chi connectivity index (χ4n) is 1.66. The number of rotatable bonds is 1. The van der Waals surface area contributed by atoms with Crippen molar-refractivity contribution in [3.05, 3.63) is 21.3 Å². The van der Waals surface area contributed by atoms with Crippen LogP contribution in [0.1, 0.15) is 24.1 Å². The number of aliphatic hydroxyl groups is 1. The van der Waals surface area contributed by atoms with Crippen LogP contribution < -0.4 is 0 Å². The number of hydrogen-bond acceptors (Lipinski definition) is 2. The summed E-state index contributed by atoms with van der Waals surface area (Å²) in [5.74, 6) is 0.942. The van der Waals surface area contributed by atoms with E-state index in [4.69, 9.17) is 11.6 Å². The van der Waals surface area contributed by atoms with Crippen LogP contribution in [0.4, 0.5) is 0 Å². The second-order valence-electron chi connectivity index (χ2n) is 3.41. The van der Waals surface area contributed by atoms with Crippen LogP contribution in [0.2, 0.25) is 4.34 Å². The van der Waals surface area contributed by atoms with Crippen molar-refractivity contribution in [1.82, 2.24) is 0 Å². The van der Waals surface area contributed by atoms with Crippen LogP contribution in [0.25, 0.3) is 0 Å². The molecule has 1 aromatic heterocycles. The van der Waals surface area contributed by atoms with E-state index in [1.54, 1.807) is 11.3 Å². The molecule has 0 spiro atoms. The first-order valence-corrected chi connectivity index (χ1v) is 5.31. The van der Waals surface area contributed by atoms with Crippen LogP contribution in [0.15, 0.2) is 12.1 Å². The van der Waals surface area contributed by atoms with Crippen LogP contribution in [-0.4, -0.2) is 11.2 Å². The molecule has 0 saturated heterocycles. The molecular weight excluding hydrogens is 192 g/mol. The quantitative estimate of drug-likeness (QED) is 0.743. The van der Waals surface area contributed by atoms with E-state index in [2.05, 4.69) is 13.0 Å². The van der Waals surface area contributed by atoms with Gasteiger partial charge in [0.15, 0.2) is 0 Å². The van der Waals surface area contributed by atoms with Gasteiger partial charge in [-0.3, -0.25) is 0 Å². The Morgan fingerprint density at radius 3 is 2.75 bits per heavy atom. The molecule has 1 heterocycles. The highest BCUT2D eigenvalue weighted by atomic mass is 35.5. The highest BCUT2D eigenvalue weighted by Crippen LogP contribution is 2.45. The zero-order chi connectivity index (χ0) is 8.72. The van der Waals surface area contributed by atoms with E-state index in [1.165, 1.54) is 4.88 Å². The van der Waals surface area contributed by atoms with Crippen LogP contribution in [0.3, 0.4) is 0 Å². The Morgan fingerprint density at radius 1 is 1.58 bits per heavy atom. The maximum Gasteiger partial charge on any atom is 0.0931 e. The zero-order valence-electron chi connectivity index (χ0n) is 6.83. The third-order valence-corrected chi connectivity index (χ3v) is 4.06. The third kappa shape index (κ3) is 1.28. The molecule has 0 aromatic carbocycles. The summed E-state index contributed by atoms with van der Waals surface area (Å²) in [6, 6.07) is 4.00. The second kappa shape index (κ2) is 3.02. The lowest BCUT2D eigenvalue weighted by molar-refractivity contribution is 0.0129. The lowest BCUT2D eigenvalue weighted by atomic mass is 9.71. The topological polar surface area (TPSA) is 20.2 Å². The zero-order valence-corrected chi connectivity index (χ0v) is 8.40. The van der Waals surface area contributed by atoms with Gasteiger partial charge in [0.2, 0.25) is 0 Å². The molecule has 1 fully saturated rings. The van der Waals surface area contributed by atoms with Gasteiger partial charge in [-0.25, -0.2) is 0 Å². The molecule has 1 aromatic rings. The van der Waals surface area contributed by atoms with E-state index in [9.17, 15) is 5.11 Å². The minimum absolute atomic E-state index is 0.101. The molecule has 0 aliphatic heterocycles. The van der Waals surface area contributed by atoms with Gasteiger partial charge in [-0.05, 0) is 24.5 Å². The maximum atomic E-state index is 9.33. The van der Waals surface area contributed by atoms with E-state index in [1.807, 2.05) is 6.07 Å². The molecule has 3 atom stereocenters. The average molecular weight is 203 g/mol. The van der Waals surface area contributed by atoms with Crippen molar-refractivity contribution in [1.29, 1.82) is 0 Å². The van der Waals surface area contributed by atoms with Crippen LogP contribution in [0.5, 0.6) is 0 Å². The Bertz CT molecular complexity index is 284. The highest BCUT2D eigenvalue weighted by Gasteiger charge is 2.37. The van der Waals surface area contributed by atoms with Crippen LogP contribution in [-0.2, 0) is 0 Å². The lowest BCUT2D eigenvalue weighted by Crippen LogP contribution is -2.36. The predicted molar refractivity (Wildman–Crippen MR) is 51.9 cm³/mol. The van der Waals surface area contributed by atoms with E-state index < -0.39 is 0 Å². The summed E-state index contributed by atoms with van der Waals surface area (Å²) in [7, 11) is 0. The largest absolute Gasteiger partial charge is 0.393 e. The number of halogens is 1. The summed E-state index contributed by atoms with van der Waals surface area (Å²) in [4.78, 5) is 1.32. The van der Waals surface area contributed by atoms with Gasteiger partial charge in [0.25, 0.3) is 0 Å². The molecule has 0 amide bonds. The van der Waals surface area contributed by atoms with E-state index in [0.717, 1.165) is 10.8 Å². The third-order valence-electron chi connectivity index (χ3n) is 2.70. The monoisotopic (exact) mass is 202 g/mol. The van der Waals surface area contributed by atoms with Crippen molar-refractivity contribution in [2.45, 2.75) is 25.4 Å². The van der Waals surface area contributed by atoms with E-state index in [0.29, 0.717) is 11.8 Å². The molecule has 0 bridgehead atoms. The van der Waals surface area contributed by atoms with Gasteiger partial charge in [-0.15, -0.1) is 11.3 Å². The molecule has 2 rings (SSSR count). The standard InChI is InChI=1S/C9H11ClOS/c1-5-6(4-7(5)11)8-2-3-9(10)12-8/h2-3,5-7,11H,4H2,1H3. The molecular formula is C9H11ClOS. The highest BCUT2D eigenvalue weighted by molar-refractivity contribution is 7.16. The molecule has 3 heteroatoms. The summed E-state index contributed by atoms with van der Waals surface area (Å²) >= 11 is 7.46. The Hall–Kier alpha value is -0.0500. The van der Waals surface area contributed by atoms with Gasteiger partial charge < -0.3 is 5.11 Å². The van der Waals surface area contributed by atoms with Gasteiger partial charge in [0.05, 0.1) is 10.4 Å². The molecule has 12 heavy (non-hydrogen) atoms. The smallest absolute Gasteiger partial charge is 0.0931 e. The van der Waals surface area contributed by atoms with Crippen molar-refractivity contribution >= 4 is 22.9 Å². The fourth-order valence-corrected chi connectivity index (χ4v) is 2.95. The van der Waals surface area contributed by atoms with Gasteiger partial charge in [0.1, 0.15) is 0 Å². The van der Waals surface area contributed by atoms with Gasteiger partial charge in [-0.2, -0.15) is 0 Å². The summed E-state index contributed by atoms with van der Waals surface area (Å²) in [6.45, 7) is 2.09. The van der Waals surface area contributed by atoms with E-state index >= 15 is 0 Å². The van der Waals surface area contributed by atoms with Gasteiger partial charge in [-0.1, -0.05) is 18.5 Å². The van der Waals surface area contributed by atoms with Crippen molar-refractivity contribution in [2.75, 3.05) is 0 Å². The first kappa shape index (κ1) is 8.54. The molecule has 1 aliphatic carbocycles. The summed E-state index contributed by atoms with van der Waals surface area (Å²) in [6.07, 6.45) is 0.800. The first-order valence-electron chi connectivity index (χ1n) is 4.12. The number of hydrogen-bond donors (Lipinski definition) is 1. The minimum atomic E-state index is -0.101. The number of aliphatic hydroxyl groups excluding tert-OH is 1. The molecule has 3 unspecified atom stereocenters. The molecule has 1 nitrogen and oxygen atoms in total. The molecule has 66 valence electrons. The summed E-state index contributed by atoms with van der Waals surface area (Å²) in [5.41, 5.74) is 0. The van der Waals surface area contributed by atoms with Crippen molar-refractivity contribution in [3.63, 3.8) is 0 Å². The SMILES string of the molecule is CC1C(O)CC1c1ccc(Cl)s1.